The predicted octanol–water partition coefficient (Wildman–Crippen LogP) is 27.7. The van der Waals surface area contributed by atoms with Crippen molar-refractivity contribution >= 4 is 162 Å². The average molecular weight is 1420 g/mol. The first-order chi connectivity index (χ1) is 48.5. The second kappa shape index (κ2) is 26.7. The molecule has 18 rings (SSSR count). The van der Waals surface area contributed by atoms with Crippen LogP contribution in [-0.2, 0) is 13.1 Å². The number of nitrogens with zero attached hydrogens (tertiary/aromatic N) is 5. The standard InChI is InChI=1S/C84H70N6S8/c1-3-5-7-9-11-43-87-64-50-54(68-36-40-76(96-68)72-22-16-46-92-72)27-31-57(64)83-81(87)59-33-29-56(70-38-42-78(98-70)74-24-18-48-94-74)52-66(59)90(83)80-26-14-20-62(86-80)61-19-13-25-79(85-61)89-63-34-30-53(67-35-39-75(95-67)71-21-15-45-91-71)49-60(63)82-84(89)58-32-28-55(51-65(58)88(82)44-12-10-8-6-4-2)69-37-41-77(97-69)73-23-17-47-93-73/h13-42,45-52,61,85H,3-12,43-44H2,1-2H3. The molecule has 1 atom stereocenters. The SMILES string of the molecule is CCCCCCCn1c2cc(-c3ccc(-c4cccs4)s3)ccc2c2c1c1cc(-c3ccc(-c4cccs4)s3)ccc1n2C1=CC=CC(c2cccc(-n3c4cc(-c5ccc(-c6cccs6)s5)ccc4c4c3c3ccc(-c5ccc(-c6cccs6)s5)cc3n4CCCCCCC)n2)N1. The van der Waals surface area contributed by atoms with Crippen molar-refractivity contribution in [2.24, 2.45) is 0 Å². The molecule has 0 amide bonds. The lowest BCUT2D eigenvalue weighted by molar-refractivity contribution is 0.585. The van der Waals surface area contributed by atoms with E-state index in [1.165, 1.54) is 198 Å². The minimum atomic E-state index is -0.232. The van der Waals surface area contributed by atoms with Crippen molar-refractivity contribution < 1.29 is 0 Å². The van der Waals surface area contributed by atoms with Crippen LogP contribution in [0.1, 0.15) is 89.8 Å². The first kappa shape index (κ1) is 61.9. The normalized spacial score (nSPS) is 13.5. The van der Waals surface area contributed by atoms with E-state index in [2.05, 4.69) is 265 Å². The van der Waals surface area contributed by atoms with Crippen molar-refractivity contribution in [2.75, 3.05) is 0 Å². The predicted molar refractivity (Wildman–Crippen MR) is 432 cm³/mol. The molecule has 0 saturated heterocycles. The maximum Gasteiger partial charge on any atom is 0.138 e. The fourth-order valence-electron chi connectivity index (χ4n) is 14.8. The molecule has 13 aromatic heterocycles. The third-order valence-electron chi connectivity index (χ3n) is 19.5. The van der Waals surface area contributed by atoms with Gasteiger partial charge in [0.25, 0.3) is 0 Å². The summed E-state index contributed by atoms with van der Waals surface area (Å²) in [6.07, 6.45) is 18.9. The van der Waals surface area contributed by atoms with E-state index in [1.807, 2.05) is 79.4 Å². The molecule has 98 heavy (non-hydrogen) atoms. The molecule has 0 aliphatic carbocycles. The van der Waals surface area contributed by atoms with Crippen molar-refractivity contribution in [2.45, 2.75) is 97.2 Å². The first-order valence-electron chi connectivity index (χ1n) is 34.4. The molecule has 1 aliphatic heterocycles. The van der Waals surface area contributed by atoms with Crippen LogP contribution >= 0.6 is 90.7 Å². The van der Waals surface area contributed by atoms with Crippen LogP contribution in [0.3, 0.4) is 0 Å². The lowest BCUT2D eigenvalue weighted by Gasteiger charge is -2.24. The summed E-state index contributed by atoms with van der Waals surface area (Å²) in [6, 6.07) is 71.4. The van der Waals surface area contributed by atoms with Gasteiger partial charge in [-0.1, -0.05) is 150 Å². The van der Waals surface area contributed by atoms with Gasteiger partial charge in [-0.15, -0.1) is 90.7 Å². The highest BCUT2D eigenvalue weighted by Gasteiger charge is 2.28. The summed E-state index contributed by atoms with van der Waals surface area (Å²) >= 11 is 14.8. The second-order valence-corrected chi connectivity index (χ2v) is 33.8. The molecule has 6 nitrogen and oxygen atoms in total. The topological polar surface area (TPSA) is 44.6 Å². The molecule has 0 radical (unpaired) electrons. The number of aromatic nitrogens is 5. The molecule has 4 aromatic carbocycles. The summed E-state index contributed by atoms with van der Waals surface area (Å²) in [5, 5.41) is 17.9. The van der Waals surface area contributed by atoms with E-state index in [4.69, 9.17) is 4.98 Å². The Kier molecular flexibility index (Phi) is 16.9. The first-order valence-corrected chi connectivity index (χ1v) is 41.2. The number of hydrogen-bond donors (Lipinski definition) is 1. The zero-order valence-corrected chi connectivity index (χ0v) is 61.0. The number of thiophene rings is 8. The van der Waals surface area contributed by atoms with E-state index in [9.17, 15) is 0 Å². The number of allylic oxidation sites excluding steroid dienone is 2. The monoisotopic (exact) mass is 1420 g/mol. The number of nitrogens with one attached hydrogen (secondary N) is 1. The van der Waals surface area contributed by atoms with Crippen LogP contribution in [0.5, 0.6) is 0 Å². The van der Waals surface area contributed by atoms with E-state index >= 15 is 0 Å². The van der Waals surface area contributed by atoms with Gasteiger partial charge in [0.2, 0.25) is 0 Å². The fourth-order valence-corrected chi connectivity index (χ4v) is 22.1. The highest BCUT2D eigenvalue weighted by atomic mass is 32.1. The van der Waals surface area contributed by atoms with Gasteiger partial charge in [-0.2, -0.15) is 0 Å². The largest absolute Gasteiger partial charge is 0.359 e. The number of pyridine rings is 1. The van der Waals surface area contributed by atoms with Crippen LogP contribution in [0, 0.1) is 0 Å². The van der Waals surface area contributed by atoms with Crippen molar-refractivity contribution in [3.05, 3.63) is 233 Å². The van der Waals surface area contributed by atoms with Crippen molar-refractivity contribution in [3.8, 4) is 86.6 Å². The quantitative estimate of drug-likeness (QED) is 0.0649. The van der Waals surface area contributed by atoms with Gasteiger partial charge >= 0.3 is 0 Å². The van der Waals surface area contributed by atoms with Crippen LogP contribution < -0.4 is 5.32 Å². The van der Waals surface area contributed by atoms with Gasteiger partial charge in [0.1, 0.15) is 11.6 Å². The Labute approximate surface area is 602 Å². The number of rotatable bonds is 23. The number of fused-ring (bicyclic) bond motifs is 10. The Balaban J connectivity index is 0.782. The summed E-state index contributed by atoms with van der Waals surface area (Å²) in [4.78, 5) is 21.5. The molecule has 14 heterocycles. The Morgan fingerprint density at radius 2 is 0.786 bits per heavy atom. The van der Waals surface area contributed by atoms with Gasteiger partial charge in [-0.3, -0.25) is 9.13 Å². The van der Waals surface area contributed by atoms with Gasteiger partial charge in [-0.05, 0) is 178 Å². The molecule has 1 aliphatic rings. The lowest BCUT2D eigenvalue weighted by Crippen LogP contribution is -2.24. The van der Waals surface area contributed by atoms with Gasteiger partial charge in [-0.25, -0.2) is 4.98 Å². The van der Waals surface area contributed by atoms with Crippen molar-refractivity contribution in [1.82, 2.24) is 28.6 Å². The Morgan fingerprint density at radius 3 is 1.27 bits per heavy atom. The number of hydrogen-bond acceptors (Lipinski definition) is 10. The average Bonchev–Trinajstić information content (AvgIpc) is 1.55. The zero-order valence-electron chi connectivity index (χ0n) is 54.5. The van der Waals surface area contributed by atoms with Gasteiger partial charge in [0, 0.05) is 93.2 Å². The van der Waals surface area contributed by atoms with E-state index in [1.54, 1.807) is 11.3 Å². The summed E-state index contributed by atoms with van der Waals surface area (Å²) in [5.74, 6) is 1.94. The maximum atomic E-state index is 5.86. The van der Waals surface area contributed by atoms with Crippen LogP contribution in [0.2, 0.25) is 0 Å². The van der Waals surface area contributed by atoms with Crippen molar-refractivity contribution in [1.29, 1.82) is 0 Å². The van der Waals surface area contributed by atoms with Crippen LogP contribution in [0.4, 0.5) is 0 Å². The summed E-state index contributed by atoms with van der Waals surface area (Å²) in [6.45, 7) is 6.49. The second-order valence-electron chi connectivity index (χ2n) is 25.7. The summed E-state index contributed by atoms with van der Waals surface area (Å²) in [7, 11) is 0. The molecule has 484 valence electrons. The van der Waals surface area contributed by atoms with Crippen LogP contribution in [0.25, 0.3) is 158 Å². The third kappa shape index (κ3) is 11.3. The molecule has 0 saturated carbocycles. The minimum absolute atomic E-state index is 0.232. The number of unbranched alkanes of at least 4 members (excludes halogenated alkanes) is 8. The molecular formula is C84H70N6S8. The van der Waals surface area contributed by atoms with Gasteiger partial charge in [0.15, 0.2) is 0 Å². The van der Waals surface area contributed by atoms with E-state index in [0.717, 1.165) is 43.3 Å². The smallest absolute Gasteiger partial charge is 0.138 e. The van der Waals surface area contributed by atoms with Crippen molar-refractivity contribution in [3.63, 3.8) is 0 Å². The van der Waals surface area contributed by atoms with Gasteiger partial charge in [0.05, 0.1) is 55.9 Å². The van der Waals surface area contributed by atoms with Crippen LogP contribution in [-0.4, -0.2) is 23.3 Å². The van der Waals surface area contributed by atoms with E-state index < -0.39 is 0 Å². The highest BCUT2D eigenvalue weighted by molar-refractivity contribution is 7.25. The molecule has 0 bridgehead atoms. The zero-order chi connectivity index (χ0) is 65.2. The fraction of sp³-hybridized carbons (Fsp3) is 0.179. The molecule has 0 spiro atoms. The lowest BCUT2D eigenvalue weighted by atomic mass is 10.1. The number of aryl methyl sites for hydroxylation is 2. The number of dihydropyridines is 1. The minimum Gasteiger partial charge on any atom is -0.359 e. The Hall–Kier alpha value is -8.41. The molecule has 0 fully saturated rings. The third-order valence-corrected chi connectivity index (χ3v) is 28.3. The molecule has 1 unspecified atom stereocenters. The Morgan fingerprint density at radius 1 is 0.357 bits per heavy atom. The number of benzene rings is 4. The molecule has 14 heteroatoms. The van der Waals surface area contributed by atoms with Gasteiger partial charge < -0.3 is 14.5 Å². The maximum absolute atomic E-state index is 5.86. The van der Waals surface area contributed by atoms with E-state index in [-0.39, 0.29) is 6.04 Å². The summed E-state index contributed by atoms with van der Waals surface area (Å²) < 4.78 is 10.4. The Bertz CT molecular complexity index is 5770. The summed E-state index contributed by atoms with van der Waals surface area (Å²) in [5.41, 5.74) is 15.8. The molecule has 17 aromatic rings. The van der Waals surface area contributed by atoms with Crippen LogP contribution in [0.15, 0.2) is 228 Å². The molecule has 1 N–H and O–H groups in total. The molecular weight excluding hydrogens is 1350 g/mol. The van der Waals surface area contributed by atoms with E-state index in [0.29, 0.717) is 0 Å². The highest BCUT2D eigenvalue weighted by Crippen LogP contribution is 2.48.